The number of hydroxylamine groups is 1. The summed E-state index contributed by atoms with van der Waals surface area (Å²) in [5.74, 6) is -1.18. The number of carbonyl (C=O) groups is 1. The molecule has 9 heteroatoms. The highest BCUT2D eigenvalue weighted by Crippen LogP contribution is 2.35. The van der Waals surface area contributed by atoms with Crippen molar-refractivity contribution in [3.8, 4) is 0 Å². The van der Waals surface area contributed by atoms with Gasteiger partial charge < -0.3 is 5.11 Å². The molecule has 1 atom stereocenters. The largest absolute Gasteiger partial charge is 0.480 e. The number of fused-ring (bicyclic) bond motifs is 1. The third-order valence-electron chi connectivity index (χ3n) is 4.15. The van der Waals surface area contributed by atoms with Crippen molar-refractivity contribution in [2.45, 2.75) is 17.4 Å². The highest BCUT2D eigenvalue weighted by Gasteiger charge is 2.35. The molecule has 1 aliphatic heterocycles. The first-order valence-electron chi connectivity index (χ1n) is 7.31. The smallest absolute Gasteiger partial charge is 0.329 e. The highest BCUT2D eigenvalue weighted by atomic mass is 35.5. The Balaban J connectivity index is 2.01. The number of hydrogen-bond acceptors (Lipinski definition) is 5. The van der Waals surface area contributed by atoms with Crippen molar-refractivity contribution < 1.29 is 23.5 Å². The number of carboxylic acids is 1. The lowest BCUT2D eigenvalue weighted by atomic mass is 10.1. The minimum atomic E-state index is -3.93. The second-order valence-electron chi connectivity index (χ2n) is 5.62. The topological polar surface area (TPSA) is 98.2 Å². The van der Waals surface area contributed by atoms with E-state index < -0.39 is 22.0 Å². The molecular weight excluding hydrogens is 368 g/mol. The second-order valence-corrected chi connectivity index (χ2v) is 7.99. The van der Waals surface area contributed by atoms with E-state index in [1.807, 2.05) is 0 Å². The third-order valence-corrected chi connectivity index (χ3v) is 6.23. The second kappa shape index (κ2) is 6.21. The van der Waals surface area contributed by atoms with Gasteiger partial charge in [-0.25, -0.2) is 18.3 Å². The van der Waals surface area contributed by atoms with Gasteiger partial charge in [-0.2, -0.15) is 0 Å². The van der Waals surface area contributed by atoms with Crippen LogP contribution in [-0.4, -0.2) is 37.8 Å². The summed E-state index contributed by atoms with van der Waals surface area (Å²) >= 11 is 6.06. The lowest BCUT2D eigenvalue weighted by Gasteiger charge is -2.21. The average Bonchev–Trinajstić information content (AvgIpc) is 2.91. The van der Waals surface area contributed by atoms with E-state index in [-0.39, 0.29) is 22.0 Å². The Hall–Kier alpha value is -2.29. The van der Waals surface area contributed by atoms with Gasteiger partial charge in [0.1, 0.15) is 0 Å². The van der Waals surface area contributed by atoms with Crippen molar-refractivity contribution in [1.82, 2.24) is 0 Å². The number of rotatable bonds is 4. The van der Waals surface area contributed by atoms with Gasteiger partial charge in [-0.15, -0.1) is 0 Å². The Morgan fingerprint density at radius 1 is 1.28 bits per heavy atom. The first-order chi connectivity index (χ1) is 11.7. The maximum Gasteiger partial charge on any atom is 0.329 e. The molecular formula is C16H15ClN2O5S. The maximum atomic E-state index is 12.9. The molecule has 0 radical (unpaired) electrons. The molecule has 2 aromatic carbocycles. The first kappa shape index (κ1) is 17.5. The molecule has 25 heavy (non-hydrogen) atoms. The standard InChI is InChI=1S/C16H15ClN2O5S/c1-18(13-5-3-2-4-12(13)17)25(23,24)11-7-6-10-8-15(16(20)21)19(22)14(10)9-11/h2-7,9,15,22H,8H2,1H3,(H,20,21). The van der Waals surface area contributed by atoms with E-state index in [4.69, 9.17) is 16.7 Å². The lowest BCUT2D eigenvalue weighted by molar-refractivity contribution is -0.139. The van der Waals surface area contributed by atoms with Gasteiger partial charge in [0.15, 0.2) is 6.04 Å². The molecule has 2 aromatic rings. The van der Waals surface area contributed by atoms with Crippen LogP contribution in [0.2, 0.25) is 5.02 Å². The van der Waals surface area contributed by atoms with E-state index in [0.717, 1.165) is 4.31 Å². The Labute approximate surface area is 149 Å². The number of para-hydroxylation sites is 1. The Morgan fingerprint density at radius 2 is 1.96 bits per heavy atom. The molecule has 0 amide bonds. The molecule has 0 saturated heterocycles. The van der Waals surface area contributed by atoms with Gasteiger partial charge in [0.25, 0.3) is 10.0 Å². The van der Waals surface area contributed by atoms with Gasteiger partial charge in [-0.3, -0.25) is 9.51 Å². The van der Waals surface area contributed by atoms with E-state index in [0.29, 0.717) is 16.3 Å². The van der Waals surface area contributed by atoms with E-state index in [1.54, 1.807) is 24.3 Å². The number of anilines is 2. The summed E-state index contributed by atoms with van der Waals surface area (Å²) in [6.45, 7) is 0. The molecule has 2 N–H and O–H groups in total. The van der Waals surface area contributed by atoms with Crippen molar-refractivity contribution in [3.63, 3.8) is 0 Å². The fourth-order valence-electron chi connectivity index (χ4n) is 2.74. The van der Waals surface area contributed by atoms with Gasteiger partial charge >= 0.3 is 5.97 Å². The molecule has 0 saturated carbocycles. The predicted octanol–water partition coefficient (Wildman–Crippen LogP) is 2.37. The summed E-state index contributed by atoms with van der Waals surface area (Å²) in [6, 6.07) is 9.55. The number of aliphatic carboxylic acids is 1. The molecule has 132 valence electrons. The normalized spacial score (nSPS) is 16.6. The zero-order valence-electron chi connectivity index (χ0n) is 13.1. The minimum Gasteiger partial charge on any atom is -0.480 e. The van der Waals surface area contributed by atoms with Crippen LogP contribution in [0.1, 0.15) is 5.56 Å². The van der Waals surface area contributed by atoms with E-state index in [9.17, 15) is 18.4 Å². The molecule has 0 aromatic heterocycles. The summed E-state index contributed by atoms with van der Waals surface area (Å²) in [7, 11) is -2.56. The molecule has 0 spiro atoms. The minimum absolute atomic E-state index is 0.0706. The number of sulfonamides is 1. The molecule has 1 unspecified atom stereocenters. The van der Waals surface area contributed by atoms with Crippen molar-refractivity contribution in [2.75, 3.05) is 16.4 Å². The lowest BCUT2D eigenvalue weighted by Crippen LogP contribution is -2.36. The fraction of sp³-hybridized carbons (Fsp3) is 0.188. The van der Waals surface area contributed by atoms with Gasteiger partial charge in [0.2, 0.25) is 0 Å². The molecule has 0 aliphatic carbocycles. The number of hydrogen-bond donors (Lipinski definition) is 2. The Kier molecular flexibility index (Phi) is 4.36. The molecule has 1 aliphatic rings. The number of benzene rings is 2. The van der Waals surface area contributed by atoms with Crippen molar-refractivity contribution >= 4 is 39.0 Å². The molecule has 3 rings (SSSR count). The molecule has 0 fully saturated rings. The quantitative estimate of drug-likeness (QED) is 0.842. The van der Waals surface area contributed by atoms with Crippen molar-refractivity contribution in [1.29, 1.82) is 0 Å². The van der Waals surface area contributed by atoms with Crippen LogP contribution in [0.4, 0.5) is 11.4 Å². The van der Waals surface area contributed by atoms with Crippen molar-refractivity contribution in [2.24, 2.45) is 0 Å². The van der Waals surface area contributed by atoms with Gasteiger partial charge in [0, 0.05) is 13.5 Å². The number of halogens is 1. The van der Waals surface area contributed by atoms with Crippen LogP contribution in [0.3, 0.4) is 0 Å². The average molecular weight is 383 g/mol. The summed E-state index contributed by atoms with van der Waals surface area (Å²) in [5.41, 5.74) is 1.05. The molecule has 0 bridgehead atoms. The summed E-state index contributed by atoms with van der Waals surface area (Å²) in [6.07, 6.45) is 0.0991. The zero-order chi connectivity index (χ0) is 18.4. The molecule has 1 heterocycles. The maximum absolute atomic E-state index is 12.9. The van der Waals surface area contributed by atoms with Gasteiger partial charge in [-0.1, -0.05) is 29.8 Å². The van der Waals surface area contributed by atoms with Crippen LogP contribution in [0.15, 0.2) is 47.4 Å². The van der Waals surface area contributed by atoms with E-state index in [2.05, 4.69) is 0 Å². The fourth-order valence-corrected chi connectivity index (χ4v) is 4.29. The summed E-state index contributed by atoms with van der Waals surface area (Å²) in [5, 5.41) is 20.0. The van der Waals surface area contributed by atoms with Crippen LogP contribution in [-0.2, 0) is 21.2 Å². The van der Waals surface area contributed by atoms with E-state index in [1.165, 1.54) is 25.2 Å². The summed E-state index contributed by atoms with van der Waals surface area (Å²) < 4.78 is 26.8. The van der Waals surface area contributed by atoms with Crippen LogP contribution in [0.5, 0.6) is 0 Å². The monoisotopic (exact) mass is 382 g/mol. The summed E-state index contributed by atoms with van der Waals surface area (Å²) in [4.78, 5) is 11.1. The van der Waals surface area contributed by atoms with Gasteiger partial charge in [0.05, 0.1) is 21.3 Å². The highest BCUT2D eigenvalue weighted by molar-refractivity contribution is 7.92. The van der Waals surface area contributed by atoms with E-state index >= 15 is 0 Å². The number of nitrogens with zero attached hydrogens (tertiary/aromatic N) is 2. The SMILES string of the molecule is CN(c1ccccc1Cl)S(=O)(=O)c1ccc2c(c1)N(O)C(C(=O)O)C2. The zero-order valence-corrected chi connectivity index (χ0v) is 14.7. The third kappa shape index (κ3) is 2.92. The van der Waals surface area contributed by atoms with Crippen LogP contribution in [0, 0.1) is 0 Å². The van der Waals surface area contributed by atoms with Crippen LogP contribution >= 0.6 is 11.6 Å². The first-order valence-corrected chi connectivity index (χ1v) is 9.12. The van der Waals surface area contributed by atoms with Crippen molar-refractivity contribution in [3.05, 3.63) is 53.1 Å². The number of carboxylic acid groups (broad SMARTS) is 1. The van der Waals surface area contributed by atoms with Crippen LogP contribution in [0.25, 0.3) is 0 Å². The Morgan fingerprint density at radius 3 is 2.60 bits per heavy atom. The molecule has 7 nitrogen and oxygen atoms in total. The van der Waals surface area contributed by atoms with Crippen LogP contribution < -0.4 is 9.37 Å². The predicted molar refractivity (Wildman–Crippen MR) is 92.9 cm³/mol. The Bertz CT molecular complexity index is 947. The van der Waals surface area contributed by atoms with Gasteiger partial charge in [-0.05, 0) is 29.8 Å².